The fraction of sp³-hybridized carbons (Fsp3) is 0.0357. The van der Waals surface area contributed by atoms with Crippen LogP contribution in [0.2, 0.25) is 0 Å². The van der Waals surface area contributed by atoms with Crippen molar-refractivity contribution in [3.8, 4) is 0 Å². The van der Waals surface area contributed by atoms with Crippen LogP contribution in [0, 0.1) is 13.8 Å². The van der Waals surface area contributed by atoms with E-state index in [4.69, 9.17) is 0 Å². The van der Waals surface area contributed by atoms with Crippen molar-refractivity contribution in [1.29, 1.82) is 0 Å². The van der Waals surface area contributed by atoms with E-state index in [0.29, 0.717) is 0 Å². The van der Waals surface area contributed by atoms with Crippen LogP contribution < -0.4 is 9.80 Å². The number of nitrogens with zero attached hydrogens (tertiary/aromatic N) is 2. The highest BCUT2D eigenvalue weighted by Gasteiger charge is 2.14. The summed E-state index contributed by atoms with van der Waals surface area (Å²) in [5.74, 6) is 0. The Morgan fingerprint density at radius 1 is 0.259 bits per heavy atom. The molecule has 0 saturated carbocycles. The molecular weight excluding hydrogens is 701 g/mol. The van der Waals surface area contributed by atoms with Crippen molar-refractivity contribution in [3.63, 3.8) is 0 Å². The minimum absolute atomic E-state index is 1.12. The van der Waals surface area contributed by atoms with Crippen molar-refractivity contribution >= 4 is 80.0 Å². The largest absolute Gasteiger partial charge is 0.310 e. The summed E-state index contributed by atoms with van der Waals surface area (Å²) < 4.78 is 0. The van der Waals surface area contributed by atoms with Gasteiger partial charge in [-0.15, -0.1) is 0 Å². The Morgan fingerprint density at radius 2 is 0.517 bits per heavy atom. The first-order valence-corrected chi connectivity index (χ1v) is 19.9. The van der Waals surface area contributed by atoms with Gasteiger partial charge in [-0.3, -0.25) is 0 Å². The first kappa shape index (κ1) is 36.2. The fourth-order valence-electron chi connectivity index (χ4n) is 7.49. The predicted molar refractivity (Wildman–Crippen MR) is 251 cm³/mol. The summed E-state index contributed by atoms with van der Waals surface area (Å²) in [5, 5.41) is 4.94. The molecule has 0 heterocycles. The summed E-state index contributed by atoms with van der Waals surface area (Å²) in [4.78, 5) is 4.65. The maximum absolute atomic E-state index is 2.33. The molecule has 58 heavy (non-hydrogen) atoms. The van der Waals surface area contributed by atoms with E-state index >= 15 is 0 Å². The number of benzene rings is 9. The lowest BCUT2D eigenvalue weighted by Gasteiger charge is -2.26. The maximum Gasteiger partial charge on any atom is 0.0468 e. The van der Waals surface area contributed by atoms with Gasteiger partial charge in [-0.25, -0.2) is 0 Å². The molecule has 0 aliphatic heterocycles. The van der Waals surface area contributed by atoms with Gasteiger partial charge in [-0.05, 0) is 130 Å². The fourth-order valence-corrected chi connectivity index (χ4v) is 7.49. The Kier molecular flexibility index (Phi) is 10.2. The average molecular weight is 745 g/mol. The van der Waals surface area contributed by atoms with Crippen LogP contribution in [-0.2, 0) is 0 Å². The lowest BCUT2D eigenvalue weighted by atomic mass is 10.1. The topological polar surface area (TPSA) is 6.48 Å². The van der Waals surface area contributed by atoms with E-state index in [9.17, 15) is 0 Å². The first-order valence-electron chi connectivity index (χ1n) is 19.9. The normalized spacial score (nSPS) is 11.5. The van der Waals surface area contributed by atoms with Crippen molar-refractivity contribution in [2.45, 2.75) is 13.8 Å². The minimum Gasteiger partial charge on any atom is -0.310 e. The third-order valence-corrected chi connectivity index (χ3v) is 10.7. The van der Waals surface area contributed by atoms with Crippen LogP contribution in [0.1, 0.15) is 33.4 Å². The number of hydrogen-bond acceptors (Lipinski definition) is 2. The molecule has 9 rings (SSSR count). The number of fused-ring (bicyclic) bond motifs is 2. The average Bonchev–Trinajstić information content (AvgIpc) is 3.27. The van der Waals surface area contributed by atoms with Gasteiger partial charge < -0.3 is 9.80 Å². The van der Waals surface area contributed by atoms with E-state index < -0.39 is 0 Å². The highest BCUT2D eigenvalue weighted by Crippen LogP contribution is 2.38. The minimum atomic E-state index is 1.12. The third kappa shape index (κ3) is 8.09. The third-order valence-electron chi connectivity index (χ3n) is 10.7. The Labute approximate surface area is 341 Å². The Hall–Kier alpha value is -7.42. The van der Waals surface area contributed by atoms with Gasteiger partial charge in [0.25, 0.3) is 0 Å². The standard InChI is InChI=1S/C56H44N2/c1-41-11-29-51(30-12-41)57(55-37-27-47-7-3-5-9-49(47)39-55)53-33-23-45(24-34-53)21-19-43-15-17-44(18-16-43)20-22-46-25-35-54(36-26-46)58(52-31-13-42(2)14-32-52)56-38-28-48-8-4-6-10-50(48)40-56/h3-40H,1-2H3. The van der Waals surface area contributed by atoms with Gasteiger partial charge in [-0.2, -0.15) is 0 Å². The molecule has 2 nitrogen and oxygen atoms in total. The summed E-state index contributed by atoms with van der Waals surface area (Å²) >= 11 is 0. The number of aryl methyl sites for hydroxylation is 2. The van der Waals surface area contributed by atoms with E-state index in [-0.39, 0.29) is 0 Å². The predicted octanol–water partition coefficient (Wildman–Crippen LogP) is 15.9. The molecule has 0 aliphatic carbocycles. The van der Waals surface area contributed by atoms with Crippen LogP contribution in [0.5, 0.6) is 0 Å². The Balaban J connectivity index is 0.889. The molecule has 9 aromatic rings. The number of anilines is 6. The zero-order valence-corrected chi connectivity index (χ0v) is 32.8. The molecule has 9 aromatic carbocycles. The van der Waals surface area contributed by atoms with Crippen LogP contribution >= 0.6 is 0 Å². The second-order valence-electron chi connectivity index (χ2n) is 14.9. The van der Waals surface area contributed by atoms with Crippen LogP contribution in [0.25, 0.3) is 45.8 Å². The van der Waals surface area contributed by atoms with Gasteiger partial charge in [0.15, 0.2) is 0 Å². The molecule has 0 saturated heterocycles. The van der Waals surface area contributed by atoms with E-state index in [2.05, 4.69) is 254 Å². The molecule has 0 atom stereocenters. The van der Waals surface area contributed by atoms with E-state index in [1.54, 1.807) is 0 Å². The smallest absolute Gasteiger partial charge is 0.0468 e. The van der Waals surface area contributed by atoms with Gasteiger partial charge in [0, 0.05) is 34.1 Å². The second kappa shape index (κ2) is 16.4. The summed E-state index contributed by atoms with van der Waals surface area (Å²) in [6.07, 6.45) is 8.72. The van der Waals surface area contributed by atoms with Crippen molar-refractivity contribution in [3.05, 3.63) is 240 Å². The summed E-state index contributed by atoms with van der Waals surface area (Å²) in [6, 6.07) is 74.2. The van der Waals surface area contributed by atoms with Gasteiger partial charge in [0.1, 0.15) is 0 Å². The van der Waals surface area contributed by atoms with Crippen LogP contribution in [0.4, 0.5) is 34.1 Å². The molecule has 0 aliphatic rings. The van der Waals surface area contributed by atoms with E-state index in [1.807, 2.05) is 0 Å². The van der Waals surface area contributed by atoms with Crippen LogP contribution in [0.3, 0.4) is 0 Å². The molecule has 0 aromatic heterocycles. The molecule has 0 amide bonds. The molecule has 0 radical (unpaired) electrons. The molecule has 0 N–H and O–H groups in total. The van der Waals surface area contributed by atoms with Crippen molar-refractivity contribution < 1.29 is 0 Å². The van der Waals surface area contributed by atoms with Gasteiger partial charge in [0.05, 0.1) is 0 Å². The van der Waals surface area contributed by atoms with E-state index in [1.165, 1.54) is 32.7 Å². The summed E-state index contributed by atoms with van der Waals surface area (Å²) in [6.45, 7) is 4.26. The second-order valence-corrected chi connectivity index (χ2v) is 14.9. The molecule has 0 bridgehead atoms. The molecule has 278 valence electrons. The lowest BCUT2D eigenvalue weighted by molar-refractivity contribution is 1.28. The Morgan fingerprint density at radius 3 is 0.845 bits per heavy atom. The Bertz CT molecular complexity index is 2660. The molecule has 0 spiro atoms. The summed E-state index contributed by atoms with van der Waals surface area (Å²) in [7, 11) is 0. The monoisotopic (exact) mass is 744 g/mol. The van der Waals surface area contributed by atoms with Crippen LogP contribution in [-0.4, -0.2) is 0 Å². The van der Waals surface area contributed by atoms with E-state index in [0.717, 1.165) is 56.4 Å². The highest BCUT2D eigenvalue weighted by atomic mass is 15.1. The SMILES string of the molecule is Cc1ccc(N(c2ccc(C=Cc3ccc(C=Cc4ccc(N(c5ccc(C)cc5)c5ccc6ccccc6c5)cc4)cc3)cc2)c2ccc3ccccc3c2)cc1. The van der Waals surface area contributed by atoms with Gasteiger partial charge in [0.2, 0.25) is 0 Å². The molecule has 2 heteroatoms. The molecule has 0 unspecified atom stereocenters. The zero-order valence-electron chi connectivity index (χ0n) is 32.8. The van der Waals surface area contributed by atoms with Crippen LogP contribution in [0.15, 0.2) is 206 Å². The van der Waals surface area contributed by atoms with Crippen molar-refractivity contribution in [2.75, 3.05) is 9.80 Å². The van der Waals surface area contributed by atoms with Gasteiger partial charge in [-0.1, -0.05) is 169 Å². The highest BCUT2D eigenvalue weighted by molar-refractivity contribution is 5.91. The number of hydrogen-bond donors (Lipinski definition) is 0. The summed E-state index contributed by atoms with van der Waals surface area (Å²) in [5.41, 5.74) is 13.9. The molecular formula is C56H44N2. The zero-order chi connectivity index (χ0) is 39.3. The lowest BCUT2D eigenvalue weighted by Crippen LogP contribution is -2.09. The van der Waals surface area contributed by atoms with Crippen molar-refractivity contribution in [1.82, 2.24) is 0 Å². The number of rotatable bonds is 10. The quantitative estimate of drug-likeness (QED) is 0.129. The maximum atomic E-state index is 2.33. The first-order chi connectivity index (χ1) is 28.5. The van der Waals surface area contributed by atoms with Crippen molar-refractivity contribution in [2.24, 2.45) is 0 Å². The molecule has 0 fully saturated rings. The van der Waals surface area contributed by atoms with Gasteiger partial charge >= 0.3 is 0 Å².